The molecular formula is C28H31F2N7O3S. The van der Waals surface area contributed by atoms with E-state index < -0.39 is 22.5 Å². The number of hydrogen-bond donors (Lipinski definition) is 0. The zero-order valence-corrected chi connectivity index (χ0v) is 24.1. The zero-order chi connectivity index (χ0) is 29.2. The first-order valence-corrected chi connectivity index (χ1v) is 15.3. The summed E-state index contributed by atoms with van der Waals surface area (Å²) in [6.45, 7) is 2.89. The van der Waals surface area contributed by atoms with Gasteiger partial charge in [0.2, 0.25) is 15.9 Å². The van der Waals surface area contributed by atoms with Crippen LogP contribution in [0.3, 0.4) is 0 Å². The molecule has 0 spiro atoms. The number of fused-ring (bicyclic) bond motifs is 2. The Bertz CT molecular complexity index is 1770. The Labute approximate surface area is 236 Å². The van der Waals surface area contributed by atoms with Gasteiger partial charge >= 0.3 is 0 Å². The van der Waals surface area contributed by atoms with Gasteiger partial charge in [-0.1, -0.05) is 12.1 Å². The van der Waals surface area contributed by atoms with Crippen molar-refractivity contribution in [3.05, 3.63) is 53.7 Å². The van der Waals surface area contributed by atoms with Crippen LogP contribution in [0.15, 0.2) is 36.7 Å². The number of carbonyl (C=O) groups excluding carboxylic acids is 1. The van der Waals surface area contributed by atoms with Gasteiger partial charge in [-0.15, -0.1) is 0 Å². The molecule has 13 heteroatoms. The maximum absolute atomic E-state index is 14.4. The number of alkyl halides is 2. The Kier molecular flexibility index (Phi) is 6.68. The van der Waals surface area contributed by atoms with Crippen LogP contribution in [0.4, 0.5) is 8.78 Å². The average Bonchev–Trinajstić information content (AvgIpc) is 3.54. The van der Waals surface area contributed by atoms with E-state index in [1.54, 1.807) is 35.9 Å². The average molecular weight is 584 g/mol. The second kappa shape index (κ2) is 9.98. The molecule has 0 bridgehead atoms. The molecule has 1 aromatic carbocycles. The van der Waals surface area contributed by atoms with Gasteiger partial charge in [-0.25, -0.2) is 31.5 Å². The van der Waals surface area contributed by atoms with Crippen LogP contribution < -0.4 is 0 Å². The van der Waals surface area contributed by atoms with E-state index >= 15 is 0 Å². The molecule has 216 valence electrons. The van der Waals surface area contributed by atoms with Crippen LogP contribution in [-0.4, -0.2) is 74.2 Å². The van der Waals surface area contributed by atoms with Gasteiger partial charge in [-0.05, 0) is 31.9 Å². The highest BCUT2D eigenvalue weighted by atomic mass is 32.2. The van der Waals surface area contributed by atoms with Crippen molar-refractivity contribution in [1.29, 1.82) is 0 Å². The molecule has 0 saturated carbocycles. The van der Waals surface area contributed by atoms with E-state index in [0.717, 1.165) is 11.5 Å². The van der Waals surface area contributed by atoms with Gasteiger partial charge in [-0.2, -0.15) is 5.10 Å². The van der Waals surface area contributed by atoms with Crippen LogP contribution in [0.25, 0.3) is 33.4 Å². The van der Waals surface area contributed by atoms with Crippen LogP contribution in [-0.2, 0) is 28.4 Å². The maximum Gasteiger partial charge on any atom is 0.265 e. The minimum atomic E-state index is -3.30. The SMILES string of the molecule is CC1C(=O)N(C)Cc2c(-c3cccc4nc(-c5cnn(C)c5)c(C(F)F)cc34)nc(C3CCN(S(C)(=O)=O)CC3)n21. The number of imidazole rings is 1. The molecule has 1 saturated heterocycles. The Balaban J connectivity index is 1.52. The number of likely N-dealkylation sites (N-methyl/N-ethyl adjacent to an activating group) is 1. The summed E-state index contributed by atoms with van der Waals surface area (Å²) >= 11 is 0. The molecule has 1 fully saturated rings. The van der Waals surface area contributed by atoms with Crippen LogP contribution in [0.1, 0.15) is 55.2 Å². The summed E-state index contributed by atoms with van der Waals surface area (Å²) in [7, 11) is 0.160. The number of rotatable bonds is 5. The Morgan fingerprint density at radius 2 is 1.80 bits per heavy atom. The zero-order valence-electron chi connectivity index (χ0n) is 23.3. The number of sulfonamides is 1. The van der Waals surface area contributed by atoms with Gasteiger partial charge in [0.25, 0.3) is 6.43 Å². The normalized spacial score (nSPS) is 19.0. The first kappa shape index (κ1) is 27.5. The minimum Gasteiger partial charge on any atom is -0.338 e. The third-order valence-corrected chi connectivity index (χ3v) is 9.49. The Hall–Kier alpha value is -3.71. The van der Waals surface area contributed by atoms with E-state index in [2.05, 4.69) is 10.1 Å². The number of nitrogens with zero attached hydrogens (tertiary/aromatic N) is 7. The summed E-state index contributed by atoms with van der Waals surface area (Å²) in [5.41, 5.74) is 3.14. The predicted octanol–water partition coefficient (Wildman–Crippen LogP) is 4.11. The van der Waals surface area contributed by atoms with E-state index in [4.69, 9.17) is 4.98 Å². The first-order valence-electron chi connectivity index (χ1n) is 13.5. The molecule has 3 aromatic heterocycles. The molecule has 0 radical (unpaired) electrons. The lowest BCUT2D eigenvalue weighted by Crippen LogP contribution is -2.41. The summed E-state index contributed by atoms with van der Waals surface area (Å²) in [6.07, 6.45) is 2.77. The summed E-state index contributed by atoms with van der Waals surface area (Å²) < 4.78 is 57.9. The van der Waals surface area contributed by atoms with Gasteiger partial charge in [0, 0.05) is 61.4 Å². The molecule has 1 unspecified atom stereocenters. The standard InChI is InChI=1S/C28H31F2N7O3S/c1-16-28(38)34(2)15-23-25(33-27(37(16)23)17-8-10-36(11-9-17)41(4,39)40)19-6-5-7-22-20(19)12-21(26(29)30)24(32-22)18-13-31-35(3)14-18/h5-7,12-14,16-17,26H,8-11,15H2,1-4H3. The fraction of sp³-hybridized carbons (Fsp3) is 0.429. The van der Waals surface area contributed by atoms with E-state index in [-0.39, 0.29) is 23.1 Å². The van der Waals surface area contributed by atoms with Gasteiger partial charge < -0.3 is 9.47 Å². The molecule has 10 nitrogen and oxygen atoms in total. The number of hydrogen-bond acceptors (Lipinski definition) is 6. The molecule has 0 N–H and O–H groups in total. The second-order valence-corrected chi connectivity index (χ2v) is 12.9. The van der Waals surface area contributed by atoms with E-state index in [1.165, 1.54) is 22.8 Å². The number of halogens is 2. The molecule has 0 aliphatic carbocycles. The number of piperidine rings is 1. The number of aryl methyl sites for hydroxylation is 1. The fourth-order valence-electron chi connectivity index (χ4n) is 6.11. The number of carbonyl (C=O) groups is 1. The number of aromatic nitrogens is 5. The van der Waals surface area contributed by atoms with Crippen LogP contribution in [0, 0.1) is 0 Å². The lowest BCUT2D eigenvalue weighted by atomic mass is 9.96. The summed E-state index contributed by atoms with van der Waals surface area (Å²) in [4.78, 5) is 24.4. The highest BCUT2D eigenvalue weighted by Crippen LogP contribution is 2.41. The molecule has 2 aliphatic rings. The lowest BCUT2D eigenvalue weighted by Gasteiger charge is -2.34. The quantitative estimate of drug-likeness (QED) is 0.350. The molecule has 2 aliphatic heterocycles. The summed E-state index contributed by atoms with van der Waals surface area (Å²) in [6, 6.07) is 6.45. The highest BCUT2D eigenvalue weighted by molar-refractivity contribution is 7.88. The van der Waals surface area contributed by atoms with Gasteiger partial charge in [0.1, 0.15) is 11.9 Å². The van der Waals surface area contributed by atoms with Crippen molar-refractivity contribution < 1.29 is 22.0 Å². The predicted molar refractivity (Wildman–Crippen MR) is 150 cm³/mol. The molecule has 1 amide bonds. The Morgan fingerprint density at radius 1 is 1.07 bits per heavy atom. The molecule has 4 aromatic rings. The van der Waals surface area contributed by atoms with E-state index in [9.17, 15) is 22.0 Å². The lowest BCUT2D eigenvalue weighted by molar-refractivity contribution is -0.135. The molecule has 41 heavy (non-hydrogen) atoms. The maximum atomic E-state index is 14.4. The van der Waals surface area contributed by atoms with Crippen molar-refractivity contribution in [1.82, 2.24) is 33.5 Å². The van der Waals surface area contributed by atoms with Gasteiger partial charge in [-0.3, -0.25) is 9.48 Å². The topological polar surface area (TPSA) is 106 Å². The Morgan fingerprint density at radius 3 is 2.44 bits per heavy atom. The van der Waals surface area contributed by atoms with Crippen LogP contribution in [0.5, 0.6) is 0 Å². The van der Waals surface area contributed by atoms with Crippen LogP contribution in [0.2, 0.25) is 0 Å². The first-order chi connectivity index (χ1) is 19.4. The molecule has 5 heterocycles. The number of pyridine rings is 1. The van der Waals surface area contributed by atoms with Crippen molar-refractivity contribution in [2.45, 2.75) is 44.7 Å². The van der Waals surface area contributed by atoms with Gasteiger partial charge in [0.15, 0.2) is 0 Å². The molecular weight excluding hydrogens is 552 g/mol. The van der Waals surface area contributed by atoms with Crippen molar-refractivity contribution in [3.8, 4) is 22.5 Å². The number of benzene rings is 1. The largest absolute Gasteiger partial charge is 0.338 e. The molecule has 6 rings (SSSR count). The summed E-state index contributed by atoms with van der Waals surface area (Å²) in [5.74, 6) is 0.626. The van der Waals surface area contributed by atoms with Gasteiger partial charge in [0.05, 0.1) is 41.6 Å². The summed E-state index contributed by atoms with van der Waals surface area (Å²) in [5, 5.41) is 4.67. The minimum absolute atomic E-state index is 0.0445. The van der Waals surface area contributed by atoms with Crippen LogP contribution >= 0.6 is 0 Å². The van der Waals surface area contributed by atoms with Crippen molar-refractivity contribution in [2.24, 2.45) is 7.05 Å². The van der Waals surface area contributed by atoms with E-state index in [0.29, 0.717) is 60.2 Å². The third-order valence-electron chi connectivity index (χ3n) is 8.19. The van der Waals surface area contributed by atoms with Crippen molar-refractivity contribution in [3.63, 3.8) is 0 Å². The highest BCUT2D eigenvalue weighted by Gasteiger charge is 2.37. The number of amides is 1. The second-order valence-electron chi connectivity index (χ2n) is 10.9. The fourth-order valence-corrected chi connectivity index (χ4v) is 6.98. The third kappa shape index (κ3) is 4.70. The van der Waals surface area contributed by atoms with Crippen molar-refractivity contribution >= 4 is 26.8 Å². The van der Waals surface area contributed by atoms with Crippen molar-refractivity contribution in [2.75, 3.05) is 26.4 Å². The molecule has 1 atom stereocenters. The van der Waals surface area contributed by atoms with E-state index in [1.807, 2.05) is 23.6 Å². The smallest absolute Gasteiger partial charge is 0.265 e. The monoisotopic (exact) mass is 583 g/mol.